The summed E-state index contributed by atoms with van der Waals surface area (Å²) in [7, 11) is 0. The summed E-state index contributed by atoms with van der Waals surface area (Å²) < 4.78 is 39.5. The number of alkyl halides is 3. The third-order valence-electron chi connectivity index (χ3n) is 4.75. The molecule has 170 valence electrons. The van der Waals surface area contributed by atoms with E-state index in [4.69, 9.17) is 5.26 Å². The highest BCUT2D eigenvalue weighted by molar-refractivity contribution is 7.99. The molecule has 0 aliphatic heterocycles. The Kier molecular flexibility index (Phi) is 7.01. The molecular formula is C24H19F3N2O3S. The lowest BCUT2D eigenvalue weighted by Crippen LogP contribution is -2.42. The number of nitrogens with one attached hydrogen (secondary N) is 1. The summed E-state index contributed by atoms with van der Waals surface area (Å²) in [5.41, 5.74) is -2.29. The van der Waals surface area contributed by atoms with E-state index in [-0.39, 0.29) is 17.2 Å². The first-order chi connectivity index (χ1) is 15.5. The first-order valence-electron chi connectivity index (χ1n) is 9.67. The molecule has 3 rings (SSSR count). The first-order valence-corrected chi connectivity index (χ1v) is 10.7. The van der Waals surface area contributed by atoms with E-state index in [0.717, 1.165) is 22.1 Å². The zero-order valence-corrected chi connectivity index (χ0v) is 18.2. The van der Waals surface area contributed by atoms with Gasteiger partial charge in [0.05, 0.1) is 17.2 Å². The van der Waals surface area contributed by atoms with Gasteiger partial charge in [-0.25, -0.2) is 0 Å². The summed E-state index contributed by atoms with van der Waals surface area (Å²) in [5.74, 6) is -0.876. The van der Waals surface area contributed by atoms with Crippen LogP contribution in [0.3, 0.4) is 0 Å². The van der Waals surface area contributed by atoms with E-state index in [1.165, 1.54) is 30.8 Å². The van der Waals surface area contributed by atoms with Gasteiger partial charge in [0.15, 0.2) is 0 Å². The molecule has 0 aromatic heterocycles. The lowest BCUT2D eigenvalue weighted by molar-refractivity contribution is -0.137. The standard InChI is InChI=1S/C24H19F3N2O3S/c1-23(32,22(31)29-17-10-9-16(13-28)20(12-17)24(25,26)27)14-33-21-8-3-2-7-19(21)15-5-4-6-18(30)11-15/h2-12,30,32H,14H2,1H3,(H,29,31). The Hall–Kier alpha value is -3.48. The minimum absolute atomic E-state index is 0.0862. The van der Waals surface area contributed by atoms with Gasteiger partial charge in [-0.2, -0.15) is 18.4 Å². The van der Waals surface area contributed by atoms with Crippen molar-refractivity contribution in [3.8, 4) is 22.9 Å². The smallest absolute Gasteiger partial charge is 0.417 e. The molecule has 0 spiro atoms. The van der Waals surface area contributed by atoms with Crippen LogP contribution >= 0.6 is 11.8 Å². The Balaban J connectivity index is 1.76. The third kappa shape index (κ3) is 5.86. The molecule has 3 aromatic rings. The maximum absolute atomic E-state index is 13.2. The molecule has 1 atom stereocenters. The number of thioether (sulfide) groups is 1. The van der Waals surface area contributed by atoms with Gasteiger partial charge < -0.3 is 15.5 Å². The van der Waals surface area contributed by atoms with Crippen molar-refractivity contribution in [3.63, 3.8) is 0 Å². The zero-order chi connectivity index (χ0) is 24.2. The molecule has 0 heterocycles. The predicted octanol–water partition coefficient (Wildman–Crippen LogP) is 5.43. The normalized spacial score (nSPS) is 13.1. The van der Waals surface area contributed by atoms with Crippen LogP contribution in [0.15, 0.2) is 71.6 Å². The minimum Gasteiger partial charge on any atom is -0.508 e. The SMILES string of the molecule is CC(O)(CSc1ccccc1-c1cccc(O)c1)C(=O)Nc1ccc(C#N)c(C(F)(F)F)c1. The molecule has 33 heavy (non-hydrogen) atoms. The van der Waals surface area contributed by atoms with E-state index in [1.54, 1.807) is 30.3 Å². The highest BCUT2D eigenvalue weighted by Gasteiger charge is 2.35. The van der Waals surface area contributed by atoms with Gasteiger partial charge in [0.25, 0.3) is 5.91 Å². The average Bonchev–Trinajstić information content (AvgIpc) is 2.77. The van der Waals surface area contributed by atoms with Gasteiger partial charge in [-0.1, -0.05) is 30.3 Å². The number of anilines is 1. The number of aliphatic hydroxyl groups is 1. The van der Waals surface area contributed by atoms with Crippen LogP contribution in [0.5, 0.6) is 5.75 Å². The second-order valence-electron chi connectivity index (χ2n) is 7.43. The van der Waals surface area contributed by atoms with Crippen LogP contribution in [0.4, 0.5) is 18.9 Å². The molecule has 0 saturated carbocycles. The number of hydrogen-bond donors (Lipinski definition) is 3. The number of nitrogens with zero attached hydrogens (tertiary/aromatic N) is 1. The number of amides is 1. The van der Waals surface area contributed by atoms with E-state index in [9.17, 15) is 28.2 Å². The molecule has 0 saturated heterocycles. The number of hydrogen-bond acceptors (Lipinski definition) is 5. The van der Waals surface area contributed by atoms with Crippen LogP contribution in [0, 0.1) is 11.3 Å². The molecular weight excluding hydrogens is 453 g/mol. The number of benzene rings is 3. The molecule has 1 unspecified atom stereocenters. The van der Waals surface area contributed by atoms with Crippen molar-refractivity contribution in [1.82, 2.24) is 0 Å². The second kappa shape index (κ2) is 9.57. The Morgan fingerprint density at radius 2 is 1.82 bits per heavy atom. The van der Waals surface area contributed by atoms with Crippen LogP contribution in [0.1, 0.15) is 18.1 Å². The minimum atomic E-state index is -4.76. The average molecular weight is 472 g/mol. The molecule has 5 nitrogen and oxygen atoms in total. The topological polar surface area (TPSA) is 93.3 Å². The summed E-state index contributed by atoms with van der Waals surface area (Å²) in [5, 5.41) is 31.6. The van der Waals surface area contributed by atoms with Crippen molar-refractivity contribution < 1.29 is 28.2 Å². The summed E-state index contributed by atoms with van der Waals surface area (Å²) >= 11 is 1.19. The maximum Gasteiger partial charge on any atom is 0.417 e. The maximum atomic E-state index is 13.2. The summed E-state index contributed by atoms with van der Waals surface area (Å²) in [6.07, 6.45) is -4.76. The molecule has 0 fully saturated rings. The molecule has 3 aromatic carbocycles. The predicted molar refractivity (Wildman–Crippen MR) is 120 cm³/mol. The molecule has 3 N–H and O–H groups in total. The number of carbonyl (C=O) groups excluding carboxylic acids is 1. The van der Waals surface area contributed by atoms with E-state index >= 15 is 0 Å². The highest BCUT2D eigenvalue weighted by atomic mass is 32.2. The first kappa shape index (κ1) is 24.2. The van der Waals surface area contributed by atoms with Crippen LogP contribution in [0.25, 0.3) is 11.1 Å². The number of nitriles is 1. The van der Waals surface area contributed by atoms with Crippen molar-refractivity contribution in [2.24, 2.45) is 0 Å². The lowest BCUT2D eigenvalue weighted by Gasteiger charge is -2.23. The van der Waals surface area contributed by atoms with Crippen LogP contribution in [-0.4, -0.2) is 27.5 Å². The zero-order valence-electron chi connectivity index (χ0n) is 17.3. The molecule has 0 aliphatic carbocycles. The number of rotatable bonds is 6. The van der Waals surface area contributed by atoms with Crippen molar-refractivity contribution in [2.45, 2.75) is 23.6 Å². The van der Waals surface area contributed by atoms with Crippen molar-refractivity contribution in [2.75, 3.05) is 11.1 Å². The largest absolute Gasteiger partial charge is 0.508 e. The summed E-state index contributed by atoms with van der Waals surface area (Å²) in [6.45, 7) is 1.26. The van der Waals surface area contributed by atoms with E-state index in [1.807, 2.05) is 18.2 Å². The lowest BCUT2D eigenvalue weighted by atomic mass is 10.1. The van der Waals surface area contributed by atoms with Crippen LogP contribution < -0.4 is 5.32 Å². The fourth-order valence-corrected chi connectivity index (χ4v) is 4.09. The second-order valence-corrected chi connectivity index (χ2v) is 8.45. The molecule has 0 bridgehead atoms. The van der Waals surface area contributed by atoms with Gasteiger partial charge >= 0.3 is 6.18 Å². The number of phenols is 1. The van der Waals surface area contributed by atoms with Crippen molar-refractivity contribution in [1.29, 1.82) is 5.26 Å². The fourth-order valence-electron chi connectivity index (χ4n) is 3.01. The van der Waals surface area contributed by atoms with Gasteiger partial charge in [-0.3, -0.25) is 4.79 Å². The van der Waals surface area contributed by atoms with Gasteiger partial charge in [0.1, 0.15) is 11.4 Å². The number of phenolic OH excluding ortho intramolecular Hbond substituents is 1. The number of carbonyl (C=O) groups is 1. The van der Waals surface area contributed by atoms with Gasteiger partial charge in [-0.05, 0) is 54.4 Å². The fraction of sp³-hybridized carbons (Fsp3) is 0.167. The Morgan fingerprint density at radius 1 is 1.09 bits per heavy atom. The highest BCUT2D eigenvalue weighted by Crippen LogP contribution is 2.36. The van der Waals surface area contributed by atoms with Crippen LogP contribution in [0.2, 0.25) is 0 Å². The van der Waals surface area contributed by atoms with Gasteiger partial charge in [0, 0.05) is 16.3 Å². The summed E-state index contributed by atoms with van der Waals surface area (Å²) in [6, 6.07) is 18.2. The Morgan fingerprint density at radius 3 is 2.48 bits per heavy atom. The monoisotopic (exact) mass is 472 g/mol. The van der Waals surface area contributed by atoms with Gasteiger partial charge in [-0.15, -0.1) is 11.8 Å². The Labute approximate surface area is 192 Å². The summed E-state index contributed by atoms with van der Waals surface area (Å²) in [4.78, 5) is 13.4. The molecule has 9 heteroatoms. The third-order valence-corrected chi connectivity index (χ3v) is 6.12. The molecule has 0 aliphatic rings. The van der Waals surface area contributed by atoms with Gasteiger partial charge in [0.2, 0.25) is 0 Å². The van der Waals surface area contributed by atoms with E-state index < -0.39 is 28.8 Å². The Bertz CT molecular complexity index is 1220. The quantitative estimate of drug-likeness (QED) is 0.416. The van der Waals surface area contributed by atoms with Crippen LogP contribution in [-0.2, 0) is 11.0 Å². The number of halogens is 3. The van der Waals surface area contributed by atoms with E-state index in [2.05, 4.69) is 5.32 Å². The van der Waals surface area contributed by atoms with E-state index in [0.29, 0.717) is 6.07 Å². The molecule has 0 radical (unpaired) electrons. The van der Waals surface area contributed by atoms with Crippen molar-refractivity contribution in [3.05, 3.63) is 77.9 Å². The van der Waals surface area contributed by atoms with Crippen molar-refractivity contribution >= 4 is 23.4 Å². The molecule has 1 amide bonds. The number of aromatic hydroxyl groups is 1.